The quantitative estimate of drug-likeness (QED) is 0.688. The second-order valence-electron chi connectivity index (χ2n) is 3.43. The van der Waals surface area contributed by atoms with Gasteiger partial charge in [-0.25, -0.2) is 4.79 Å². The lowest BCUT2D eigenvalue weighted by Crippen LogP contribution is -2.33. The highest BCUT2D eigenvalue weighted by Crippen LogP contribution is 2.07. The zero-order chi connectivity index (χ0) is 12.8. The van der Waals surface area contributed by atoms with Gasteiger partial charge in [0.15, 0.2) is 0 Å². The highest BCUT2D eigenvalue weighted by atomic mass is 16.4. The van der Waals surface area contributed by atoms with Crippen LogP contribution in [0.1, 0.15) is 5.69 Å². The van der Waals surface area contributed by atoms with Crippen molar-refractivity contribution < 1.29 is 14.7 Å². The number of carbonyl (C=O) groups is 2. The summed E-state index contributed by atoms with van der Waals surface area (Å²) in [6.45, 7) is 0.0500. The third-order valence-electron chi connectivity index (χ3n) is 2.02. The Morgan fingerprint density at radius 3 is 2.88 bits per heavy atom. The third kappa shape index (κ3) is 4.07. The van der Waals surface area contributed by atoms with Gasteiger partial charge in [0, 0.05) is 25.5 Å². The molecule has 7 heteroatoms. The maximum Gasteiger partial charge on any atom is 0.407 e. The van der Waals surface area contributed by atoms with Crippen LogP contribution in [0.15, 0.2) is 18.3 Å². The molecule has 0 fully saturated rings. The largest absolute Gasteiger partial charge is 0.465 e. The average Bonchev–Trinajstić information content (AvgIpc) is 2.28. The van der Waals surface area contributed by atoms with Gasteiger partial charge in [-0.3, -0.25) is 9.78 Å². The summed E-state index contributed by atoms with van der Waals surface area (Å²) in [7, 11) is 1.32. The molecule has 2 amide bonds. The Morgan fingerprint density at radius 2 is 2.29 bits per heavy atom. The lowest BCUT2D eigenvalue weighted by atomic mass is 10.3. The molecule has 0 aliphatic rings. The van der Waals surface area contributed by atoms with Gasteiger partial charge in [-0.2, -0.15) is 0 Å². The topological polar surface area (TPSA) is 109 Å². The number of nitrogens with two attached hydrogens (primary N) is 1. The number of hydrogen-bond acceptors (Lipinski definition) is 4. The van der Waals surface area contributed by atoms with Crippen LogP contribution >= 0.6 is 0 Å². The molecule has 0 saturated heterocycles. The Balaban J connectivity index is 2.58. The van der Waals surface area contributed by atoms with E-state index in [1.165, 1.54) is 13.2 Å². The Kier molecular flexibility index (Phi) is 4.41. The van der Waals surface area contributed by atoms with Crippen LogP contribution in [-0.2, 0) is 11.3 Å². The van der Waals surface area contributed by atoms with Crippen LogP contribution in [0.3, 0.4) is 0 Å². The molecule has 0 unspecified atom stereocenters. The van der Waals surface area contributed by atoms with E-state index < -0.39 is 12.0 Å². The monoisotopic (exact) mass is 238 g/mol. The Labute approximate surface area is 98.2 Å². The molecule has 0 radical (unpaired) electrons. The van der Waals surface area contributed by atoms with Crippen LogP contribution < -0.4 is 11.1 Å². The first kappa shape index (κ1) is 12.9. The summed E-state index contributed by atoms with van der Waals surface area (Å²) in [5.74, 6) is -0.413. The van der Waals surface area contributed by atoms with Crippen molar-refractivity contribution in [1.82, 2.24) is 9.88 Å². The predicted molar refractivity (Wildman–Crippen MR) is 61.4 cm³/mol. The summed E-state index contributed by atoms with van der Waals surface area (Å²) in [6, 6.07) is 3.25. The maximum atomic E-state index is 11.5. The molecule has 0 saturated carbocycles. The fourth-order valence-electron chi connectivity index (χ4n) is 1.15. The third-order valence-corrected chi connectivity index (χ3v) is 2.02. The second-order valence-corrected chi connectivity index (χ2v) is 3.43. The normalized spacial score (nSPS) is 9.76. The summed E-state index contributed by atoms with van der Waals surface area (Å²) in [6.07, 6.45) is 0.371. The van der Waals surface area contributed by atoms with Crippen molar-refractivity contribution in [3.63, 3.8) is 0 Å². The van der Waals surface area contributed by atoms with E-state index >= 15 is 0 Å². The fourth-order valence-corrected chi connectivity index (χ4v) is 1.15. The van der Waals surface area contributed by atoms with Crippen LogP contribution in [0.2, 0.25) is 0 Å². The van der Waals surface area contributed by atoms with Crippen molar-refractivity contribution >= 4 is 17.7 Å². The van der Waals surface area contributed by atoms with Gasteiger partial charge < -0.3 is 21.1 Å². The molecule has 0 aliphatic heterocycles. The number of carboxylic acid groups (broad SMARTS) is 1. The van der Waals surface area contributed by atoms with Gasteiger partial charge >= 0.3 is 6.09 Å². The van der Waals surface area contributed by atoms with Crippen molar-refractivity contribution in [3.8, 4) is 0 Å². The number of carbonyl (C=O) groups excluding carboxylic acids is 1. The van der Waals surface area contributed by atoms with Crippen molar-refractivity contribution in [2.24, 2.45) is 5.73 Å². The summed E-state index contributed by atoms with van der Waals surface area (Å²) in [4.78, 5) is 26.8. The van der Waals surface area contributed by atoms with Crippen molar-refractivity contribution in [2.45, 2.75) is 6.54 Å². The molecule has 0 aromatic carbocycles. The van der Waals surface area contributed by atoms with Gasteiger partial charge in [-0.1, -0.05) is 0 Å². The Hall–Kier alpha value is -2.15. The van der Waals surface area contributed by atoms with Crippen molar-refractivity contribution in [1.29, 1.82) is 0 Å². The van der Waals surface area contributed by atoms with Crippen LogP contribution in [0, 0.1) is 0 Å². The number of aromatic nitrogens is 1. The van der Waals surface area contributed by atoms with Crippen LogP contribution in [-0.4, -0.2) is 40.6 Å². The molecular weight excluding hydrogens is 224 g/mol. The van der Waals surface area contributed by atoms with Gasteiger partial charge in [0.2, 0.25) is 5.91 Å². The minimum atomic E-state index is -1.16. The minimum absolute atomic E-state index is 0.227. The lowest BCUT2D eigenvalue weighted by Gasteiger charge is -2.12. The van der Waals surface area contributed by atoms with E-state index in [2.05, 4.69) is 10.3 Å². The molecule has 0 atom stereocenters. The molecular formula is C10H14N4O3. The number of anilines is 1. The molecule has 0 aliphatic carbocycles. The van der Waals surface area contributed by atoms with E-state index in [4.69, 9.17) is 10.8 Å². The van der Waals surface area contributed by atoms with Crippen molar-refractivity contribution in [2.75, 3.05) is 18.9 Å². The first-order valence-electron chi connectivity index (χ1n) is 4.92. The molecule has 1 rings (SSSR count). The van der Waals surface area contributed by atoms with Crippen molar-refractivity contribution in [3.05, 3.63) is 24.0 Å². The molecule has 17 heavy (non-hydrogen) atoms. The van der Waals surface area contributed by atoms with Crippen LogP contribution in [0.4, 0.5) is 10.5 Å². The van der Waals surface area contributed by atoms with E-state index in [0.717, 1.165) is 4.90 Å². The van der Waals surface area contributed by atoms with E-state index in [1.54, 1.807) is 12.1 Å². The first-order valence-corrected chi connectivity index (χ1v) is 4.92. The van der Waals surface area contributed by atoms with E-state index in [1.807, 2.05) is 0 Å². The number of rotatable bonds is 4. The predicted octanol–water partition coefficient (Wildman–Crippen LogP) is 0.0886. The minimum Gasteiger partial charge on any atom is -0.465 e. The lowest BCUT2D eigenvalue weighted by molar-refractivity contribution is -0.116. The SMILES string of the molecule is CN(CC(=O)Nc1ccnc(CN)c1)C(=O)O. The van der Waals surface area contributed by atoms with E-state index in [9.17, 15) is 9.59 Å². The molecule has 7 nitrogen and oxygen atoms in total. The molecule has 4 N–H and O–H groups in total. The van der Waals surface area contributed by atoms with Gasteiger partial charge in [-0.05, 0) is 12.1 Å². The number of amides is 2. The maximum absolute atomic E-state index is 11.5. The standard InChI is InChI=1S/C10H14N4O3/c1-14(10(16)17)6-9(15)13-7-2-3-12-8(4-7)5-11/h2-4H,5-6,11H2,1H3,(H,16,17)(H,12,13,15). The summed E-state index contributed by atoms with van der Waals surface area (Å²) < 4.78 is 0. The zero-order valence-corrected chi connectivity index (χ0v) is 9.38. The molecule has 92 valence electrons. The number of likely N-dealkylation sites (N-methyl/N-ethyl adjacent to an activating group) is 1. The van der Waals surface area contributed by atoms with Gasteiger partial charge in [0.1, 0.15) is 6.54 Å². The van der Waals surface area contributed by atoms with Gasteiger partial charge in [0.05, 0.1) is 5.69 Å². The highest BCUT2D eigenvalue weighted by molar-refractivity contribution is 5.93. The number of pyridine rings is 1. The smallest absolute Gasteiger partial charge is 0.407 e. The van der Waals surface area contributed by atoms with E-state index in [-0.39, 0.29) is 13.1 Å². The van der Waals surface area contributed by atoms with Gasteiger partial charge in [0.25, 0.3) is 0 Å². The summed E-state index contributed by atoms with van der Waals surface area (Å²) >= 11 is 0. The average molecular weight is 238 g/mol. The molecule has 1 aromatic heterocycles. The molecule has 0 spiro atoms. The second kappa shape index (κ2) is 5.80. The zero-order valence-electron chi connectivity index (χ0n) is 9.38. The molecule has 0 bridgehead atoms. The number of nitrogens with one attached hydrogen (secondary N) is 1. The molecule has 1 aromatic rings. The molecule has 1 heterocycles. The Bertz CT molecular complexity index is 422. The van der Waals surface area contributed by atoms with E-state index in [0.29, 0.717) is 11.4 Å². The summed E-state index contributed by atoms with van der Waals surface area (Å²) in [5.41, 5.74) is 6.60. The highest BCUT2D eigenvalue weighted by Gasteiger charge is 2.11. The van der Waals surface area contributed by atoms with Crippen LogP contribution in [0.5, 0.6) is 0 Å². The first-order chi connectivity index (χ1) is 8.02. The summed E-state index contributed by atoms with van der Waals surface area (Å²) in [5, 5.41) is 11.2. The van der Waals surface area contributed by atoms with Gasteiger partial charge in [-0.15, -0.1) is 0 Å². The number of nitrogens with zero attached hydrogens (tertiary/aromatic N) is 2. The Morgan fingerprint density at radius 1 is 1.59 bits per heavy atom. The van der Waals surface area contributed by atoms with Crippen LogP contribution in [0.25, 0.3) is 0 Å². The fraction of sp³-hybridized carbons (Fsp3) is 0.300. The number of hydrogen-bond donors (Lipinski definition) is 3.